The van der Waals surface area contributed by atoms with Gasteiger partial charge in [0.25, 0.3) is 5.91 Å². The Kier molecular flexibility index (Phi) is 6.28. The number of oxazole rings is 1. The smallest absolute Gasteiger partial charge is 0.275 e. The standard InChI is InChI=1S/C23H25N3O3S/c1-16-11-17(13-24-21(27)12-18-7-10-30-15-18)5-6-19(16)22-25-20(14-29-22)23(28)26-8-3-2-4-9-26/h5-7,10-11,14-15H,2-4,8-9,12-13H2,1H3,(H,24,27). The summed E-state index contributed by atoms with van der Waals surface area (Å²) in [5, 5.41) is 6.91. The third-order valence-electron chi connectivity index (χ3n) is 5.32. The lowest BCUT2D eigenvalue weighted by molar-refractivity contribution is -0.120. The molecule has 4 rings (SSSR count). The molecule has 0 spiro atoms. The van der Waals surface area contributed by atoms with Crippen molar-refractivity contribution in [1.82, 2.24) is 15.2 Å². The van der Waals surface area contributed by atoms with Crippen LogP contribution >= 0.6 is 11.3 Å². The van der Waals surface area contributed by atoms with Gasteiger partial charge in [-0.1, -0.05) is 12.1 Å². The highest BCUT2D eigenvalue weighted by atomic mass is 32.1. The van der Waals surface area contributed by atoms with E-state index in [-0.39, 0.29) is 11.8 Å². The highest BCUT2D eigenvalue weighted by Crippen LogP contribution is 2.24. The molecule has 1 aliphatic rings. The maximum atomic E-state index is 12.6. The fraction of sp³-hybridized carbons (Fsp3) is 0.348. The van der Waals surface area contributed by atoms with Gasteiger partial charge in [-0.25, -0.2) is 4.98 Å². The SMILES string of the molecule is Cc1cc(CNC(=O)Cc2ccsc2)ccc1-c1nc(C(=O)N2CCCCC2)co1. The van der Waals surface area contributed by atoms with Gasteiger partial charge in [0.15, 0.2) is 5.69 Å². The van der Waals surface area contributed by atoms with E-state index < -0.39 is 0 Å². The quantitative estimate of drug-likeness (QED) is 0.645. The Bertz CT molecular complexity index is 1020. The fourth-order valence-corrected chi connectivity index (χ4v) is 4.34. The molecule has 1 N–H and O–H groups in total. The van der Waals surface area contributed by atoms with E-state index in [2.05, 4.69) is 10.3 Å². The molecule has 156 valence electrons. The van der Waals surface area contributed by atoms with Gasteiger partial charge < -0.3 is 14.6 Å². The number of nitrogens with zero attached hydrogens (tertiary/aromatic N) is 2. The minimum absolute atomic E-state index is 0.00342. The van der Waals surface area contributed by atoms with Crippen molar-refractivity contribution < 1.29 is 14.0 Å². The van der Waals surface area contributed by atoms with Crippen molar-refractivity contribution in [2.24, 2.45) is 0 Å². The zero-order valence-electron chi connectivity index (χ0n) is 17.0. The summed E-state index contributed by atoms with van der Waals surface area (Å²) in [5.74, 6) is 0.386. The summed E-state index contributed by atoms with van der Waals surface area (Å²) in [4.78, 5) is 31.0. The number of aryl methyl sites for hydroxylation is 1. The number of aromatic nitrogens is 1. The van der Waals surface area contributed by atoms with E-state index in [0.717, 1.165) is 48.2 Å². The summed E-state index contributed by atoms with van der Waals surface area (Å²) >= 11 is 1.59. The molecule has 2 aromatic heterocycles. The molecular weight excluding hydrogens is 398 g/mol. The summed E-state index contributed by atoms with van der Waals surface area (Å²) in [6.45, 7) is 4.01. The molecule has 2 amide bonds. The summed E-state index contributed by atoms with van der Waals surface area (Å²) in [7, 11) is 0. The van der Waals surface area contributed by atoms with Crippen LogP contribution in [0.4, 0.5) is 0 Å². The van der Waals surface area contributed by atoms with Crippen LogP contribution in [0.25, 0.3) is 11.5 Å². The molecule has 3 heterocycles. The van der Waals surface area contributed by atoms with E-state index in [1.807, 2.05) is 46.8 Å². The number of rotatable bonds is 6. The number of carbonyl (C=O) groups is 2. The molecule has 0 aliphatic carbocycles. The van der Waals surface area contributed by atoms with Crippen molar-refractivity contribution in [3.8, 4) is 11.5 Å². The minimum atomic E-state index is -0.0627. The van der Waals surface area contributed by atoms with Gasteiger partial charge in [-0.05, 0) is 65.8 Å². The largest absolute Gasteiger partial charge is 0.444 e. The van der Waals surface area contributed by atoms with Gasteiger partial charge in [-0.2, -0.15) is 11.3 Å². The molecule has 1 saturated heterocycles. The second-order valence-corrected chi connectivity index (χ2v) is 8.41. The van der Waals surface area contributed by atoms with Crippen LogP contribution in [0.1, 0.15) is 46.4 Å². The summed E-state index contributed by atoms with van der Waals surface area (Å²) < 4.78 is 5.61. The molecule has 0 unspecified atom stereocenters. The number of hydrogen-bond donors (Lipinski definition) is 1. The predicted molar refractivity (Wildman–Crippen MR) is 116 cm³/mol. The normalized spacial score (nSPS) is 14.0. The molecule has 1 aromatic carbocycles. The molecule has 6 nitrogen and oxygen atoms in total. The van der Waals surface area contributed by atoms with Crippen molar-refractivity contribution in [2.45, 2.75) is 39.2 Å². The third-order valence-corrected chi connectivity index (χ3v) is 6.05. The van der Waals surface area contributed by atoms with Crippen LogP contribution in [0.3, 0.4) is 0 Å². The van der Waals surface area contributed by atoms with Gasteiger partial charge in [-0.3, -0.25) is 9.59 Å². The lowest BCUT2D eigenvalue weighted by atomic mass is 10.0. The van der Waals surface area contributed by atoms with E-state index >= 15 is 0 Å². The molecule has 0 atom stereocenters. The highest BCUT2D eigenvalue weighted by molar-refractivity contribution is 7.08. The number of amides is 2. The van der Waals surface area contributed by atoms with Crippen molar-refractivity contribution in [3.05, 3.63) is 63.7 Å². The second-order valence-electron chi connectivity index (χ2n) is 7.63. The molecule has 0 saturated carbocycles. The molecule has 30 heavy (non-hydrogen) atoms. The number of thiophene rings is 1. The molecule has 3 aromatic rings. The summed E-state index contributed by atoms with van der Waals surface area (Å²) in [5.41, 5.74) is 4.23. The highest BCUT2D eigenvalue weighted by Gasteiger charge is 2.22. The summed E-state index contributed by atoms with van der Waals surface area (Å²) in [6, 6.07) is 7.85. The zero-order valence-corrected chi connectivity index (χ0v) is 17.8. The monoisotopic (exact) mass is 423 g/mol. The summed E-state index contributed by atoms with van der Waals surface area (Å²) in [6.07, 6.45) is 5.10. The Morgan fingerprint density at radius 2 is 2.00 bits per heavy atom. The predicted octanol–water partition coefficient (Wildman–Crippen LogP) is 4.20. The van der Waals surface area contributed by atoms with E-state index in [1.165, 1.54) is 12.7 Å². The maximum absolute atomic E-state index is 12.6. The number of likely N-dealkylation sites (tertiary alicyclic amines) is 1. The molecule has 0 bridgehead atoms. The Hall–Kier alpha value is -2.93. The van der Waals surface area contributed by atoms with Crippen molar-refractivity contribution in [2.75, 3.05) is 13.1 Å². The Morgan fingerprint density at radius 1 is 1.17 bits per heavy atom. The Labute approximate surface area is 179 Å². The average Bonchev–Trinajstić information content (AvgIpc) is 3.45. The van der Waals surface area contributed by atoms with Crippen LogP contribution in [0, 0.1) is 6.92 Å². The molecule has 0 radical (unpaired) electrons. The van der Waals surface area contributed by atoms with Crippen LogP contribution in [-0.4, -0.2) is 34.8 Å². The van der Waals surface area contributed by atoms with E-state index in [4.69, 9.17) is 4.42 Å². The molecule has 1 aliphatic heterocycles. The van der Waals surface area contributed by atoms with Crippen LogP contribution in [0.2, 0.25) is 0 Å². The lowest BCUT2D eigenvalue weighted by Crippen LogP contribution is -2.35. The Balaban J connectivity index is 1.39. The van der Waals surface area contributed by atoms with Gasteiger partial charge in [-0.15, -0.1) is 0 Å². The molecule has 7 heteroatoms. The fourth-order valence-electron chi connectivity index (χ4n) is 3.67. The Morgan fingerprint density at radius 3 is 2.73 bits per heavy atom. The van der Waals surface area contributed by atoms with Crippen molar-refractivity contribution in [1.29, 1.82) is 0 Å². The maximum Gasteiger partial charge on any atom is 0.275 e. The van der Waals surface area contributed by atoms with E-state index in [9.17, 15) is 9.59 Å². The number of piperidine rings is 1. The lowest BCUT2D eigenvalue weighted by Gasteiger charge is -2.25. The molecular formula is C23H25N3O3S. The van der Waals surface area contributed by atoms with Crippen molar-refractivity contribution in [3.63, 3.8) is 0 Å². The van der Waals surface area contributed by atoms with Gasteiger partial charge in [0.05, 0.1) is 6.42 Å². The first-order valence-electron chi connectivity index (χ1n) is 10.2. The topological polar surface area (TPSA) is 75.4 Å². The second kappa shape index (κ2) is 9.26. The average molecular weight is 424 g/mol. The van der Waals surface area contributed by atoms with Crippen molar-refractivity contribution >= 4 is 23.2 Å². The van der Waals surface area contributed by atoms with Gasteiger partial charge in [0.1, 0.15) is 6.26 Å². The van der Waals surface area contributed by atoms with E-state index in [0.29, 0.717) is 24.6 Å². The minimum Gasteiger partial charge on any atom is -0.444 e. The first kappa shape index (κ1) is 20.3. The number of nitrogens with one attached hydrogen (secondary N) is 1. The first-order valence-corrected chi connectivity index (χ1v) is 11.2. The van der Waals surface area contributed by atoms with Crippen LogP contribution < -0.4 is 5.32 Å². The third kappa shape index (κ3) is 4.79. The van der Waals surface area contributed by atoms with E-state index in [1.54, 1.807) is 11.3 Å². The van der Waals surface area contributed by atoms with Crippen LogP contribution in [-0.2, 0) is 17.8 Å². The van der Waals surface area contributed by atoms with Crippen LogP contribution in [0.5, 0.6) is 0 Å². The van der Waals surface area contributed by atoms with Gasteiger partial charge in [0, 0.05) is 25.2 Å². The molecule has 1 fully saturated rings. The first-order chi connectivity index (χ1) is 14.6. The number of carbonyl (C=O) groups excluding carboxylic acids is 2. The van der Waals surface area contributed by atoms with Crippen LogP contribution in [0.15, 0.2) is 45.7 Å². The number of benzene rings is 1. The van der Waals surface area contributed by atoms with Gasteiger partial charge in [0.2, 0.25) is 11.8 Å². The zero-order chi connectivity index (χ0) is 20.9. The van der Waals surface area contributed by atoms with Gasteiger partial charge >= 0.3 is 0 Å². The number of hydrogen-bond acceptors (Lipinski definition) is 5.